The minimum absolute atomic E-state index is 0.0288. The van der Waals surface area contributed by atoms with E-state index in [1.54, 1.807) is 18.2 Å². The molecule has 0 unspecified atom stereocenters. The van der Waals surface area contributed by atoms with E-state index in [9.17, 15) is 9.59 Å². The zero-order valence-corrected chi connectivity index (χ0v) is 8.28. The highest BCUT2D eigenvalue weighted by molar-refractivity contribution is 6.08. The van der Waals surface area contributed by atoms with E-state index in [1.165, 1.54) is 7.11 Å². The summed E-state index contributed by atoms with van der Waals surface area (Å²) >= 11 is 0. The van der Waals surface area contributed by atoms with Gasteiger partial charge >= 0.3 is 5.97 Å². The lowest BCUT2D eigenvalue weighted by Crippen LogP contribution is -2.22. The summed E-state index contributed by atoms with van der Waals surface area (Å²) in [4.78, 5) is 23.0. The standard InChI is InChI=1S/C11H10O4/c1-14-11(13)8-4-2-3-7-5-15-6-9(12)10(7)8/h2-4H,5-6H2,1H3. The number of benzene rings is 1. The zero-order valence-electron chi connectivity index (χ0n) is 8.28. The molecule has 1 aromatic rings. The molecular formula is C11H10O4. The number of esters is 1. The third kappa shape index (κ3) is 1.64. The molecule has 15 heavy (non-hydrogen) atoms. The quantitative estimate of drug-likeness (QED) is 0.647. The second-order valence-electron chi connectivity index (χ2n) is 3.25. The number of hydrogen-bond acceptors (Lipinski definition) is 4. The fourth-order valence-electron chi connectivity index (χ4n) is 1.66. The van der Waals surface area contributed by atoms with Crippen molar-refractivity contribution in [2.45, 2.75) is 6.61 Å². The number of ether oxygens (including phenoxy) is 2. The van der Waals surface area contributed by atoms with Gasteiger partial charge in [-0.15, -0.1) is 0 Å². The number of carbonyl (C=O) groups excluding carboxylic acids is 2. The topological polar surface area (TPSA) is 52.6 Å². The molecule has 0 aromatic heterocycles. The largest absolute Gasteiger partial charge is 0.465 e. The molecule has 0 aliphatic carbocycles. The smallest absolute Gasteiger partial charge is 0.338 e. The third-order valence-electron chi connectivity index (χ3n) is 2.33. The van der Waals surface area contributed by atoms with E-state index in [0.29, 0.717) is 17.7 Å². The van der Waals surface area contributed by atoms with Crippen LogP contribution in [-0.4, -0.2) is 25.5 Å². The van der Waals surface area contributed by atoms with Crippen LogP contribution >= 0.6 is 0 Å². The Morgan fingerprint density at radius 2 is 2.20 bits per heavy atom. The lowest BCUT2D eigenvalue weighted by atomic mass is 9.96. The fraction of sp³-hybridized carbons (Fsp3) is 0.273. The molecule has 1 aliphatic heterocycles. The maximum absolute atomic E-state index is 11.6. The molecule has 0 atom stereocenters. The van der Waals surface area contributed by atoms with E-state index in [1.807, 2.05) is 0 Å². The molecule has 1 heterocycles. The molecular weight excluding hydrogens is 196 g/mol. The summed E-state index contributed by atoms with van der Waals surface area (Å²) < 4.78 is 9.69. The number of fused-ring (bicyclic) bond motifs is 1. The van der Waals surface area contributed by atoms with Crippen LogP contribution in [0.25, 0.3) is 0 Å². The van der Waals surface area contributed by atoms with Crippen LogP contribution in [0.15, 0.2) is 18.2 Å². The van der Waals surface area contributed by atoms with Crippen molar-refractivity contribution in [1.82, 2.24) is 0 Å². The first kappa shape index (κ1) is 9.86. The molecule has 0 radical (unpaired) electrons. The number of hydrogen-bond donors (Lipinski definition) is 0. The van der Waals surface area contributed by atoms with E-state index < -0.39 is 5.97 Å². The molecule has 0 spiro atoms. The minimum Gasteiger partial charge on any atom is -0.465 e. The molecule has 78 valence electrons. The molecule has 1 aliphatic rings. The molecule has 0 bridgehead atoms. The van der Waals surface area contributed by atoms with Crippen LogP contribution in [0.5, 0.6) is 0 Å². The molecule has 2 rings (SSSR count). The SMILES string of the molecule is COC(=O)c1cccc2c1C(=O)COC2. The summed E-state index contributed by atoms with van der Waals surface area (Å²) in [5, 5.41) is 0. The van der Waals surface area contributed by atoms with Gasteiger partial charge in [0.25, 0.3) is 0 Å². The lowest BCUT2D eigenvalue weighted by molar-refractivity contribution is 0.0576. The van der Waals surface area contributed by atoms with Crippen molar-refractivity contribution in [3.05, 3.63) is 34.9 Å². The highest BCUT2D eigenvalue weighted by Crippen LogP contribution is 2.21. The van der Waals surface area contributed by atoms with Crippen molar-refractivity contribution in [3.8, 4) is 0 Å². The Bertz CT molecular complexity index is 423. The van der Waals surface area contributed by atoms with Crippen molar-refractivity contribution in [2.24, 2.45) is 0 Å². The van der Waals surface area contributed by atoms with Crippen molar-refractivity contribution >= 4 is 11.8 Å². The predicted molar refractivity (Wildman–Crippen MR) is 51.8 cm³/mol. The zero-order chi connectivity index (χ0) is 10.8. The molecule has 4 heteroatoms. The number of Topliss-reactive ketones (excluding diaryl/α,β-unsaturated/α-hetero) is 1. The van der Waals surface area contributed by atoms with Crippen LogP contribution in [0, 0.1) is 0 Å². The van der Waals surface area contributed by atoms with E-state index in [4.69, 9.17) is 4.74 Å². The number of methoxy groups -OCH3 is 1. The molecule has 0 saturated heterocycles. The van der Waals surface area contributed by atoms with Crippen LogP contribution in [0.4, 0.5) is 0 Å². The van der Waals surface area contributed by atoms with Gasteiger partial charge in [0.1, 0.15) is 6.61 Å². The monoisotopic (exact) mass is 206 g/mol. The Morgan fingerprint density at radius 3 is 2.93 bits per heavy atom. The first-order valence-electron chi connectivity index (χ1n) is 4.55. The average Bonchev–Trinajstić information content (AvgIpc) is 2.28. The highest BCUT2D eigenvalue weighted by atomic mass is 16.5. The molecule has 4 nitrogen and oxygen atoms in total. The summed E-state index contributed by atoms with van der Waals surface area (Å²) in [5.41, 5.74) is 1.51. The Labute approximate surface area is 86.8 Å². The van der Waals surface area contributed by atoms with Gasteiger partial charge < -0.3 is 9.47 Å². The molecule has 0 saturated carbocycles. The molecule has 0 N–H and O–H groups in total. The maximum atomic E-state index is 11.6. The van der Waals surface area contributed by atoms with Gasteiger partial charge in [-0.3, -0.25) is 4.79 Å². The Kier molecular flexibility index (Phi) is 2.51. The van der Waals surface area contributed by atoms with Gasteiger partial charge in [-0.05, 0) is 11.6 Å². The van der Waals surface area contributed by atoms with E-state index in [-0.39, 0.29) is 12.4 Å². The number of carbonyl (C=O) groups is 2. The van der Waals surface area contributed by atoms with Crippen molar-refractivity contribution in [3.63, 3.8) is 0 Å². The third-order valence-corrected chi connectivity index (χ3v) is 2.33. The lowest BCUT2D eigenvalue weighted by Gasteiger charge is -2.17. The minimum atomic E-state index is -0.484. The van der Waals surface area contributed by atoms with Crippen LogP contribution < -0.4 is 0 Å². The van der Waals surface area contributed by atoms with Crippen LogP contribution in [-0.2, 0) is 16.1 Å². The molecule has 0 fully saturated rings. The van der Waals surface area contributed by atoms with E-state index in [2.05, 4.69) is 4.74 Å². The van der Waals surface area contributed by atoms with Crippen LogP contribution in [0.1, 0.15) is 26.3 Å². The summed E-state index contributed by atoms with van der Waals surface area (Å²) in [6.45, 7) is 0.396. The normalized spacial score (nSPS) is 14.6. The highest BCUT2D eigenvalue weighted by Gasteiger charge is 2.24. The van der Waals surface area contributed by atoms with Gasteiger partial charge in [-0.2, -0.15) is 0 Å². The van der Waals surface area contributed by atoms with Crippen LogP contribution in [0.2, 0.25) is 0 Å². The fourth-order valence-corrected chi connectivity index (χ4v) is 1.66. The van der Waals surface area contributed by atoms with Gasteiger partial charge in [0, 0.05) is 5.56 Å². The van der Waals surface area contributed by atoms with E-state index >= 15 is 0 Å². The van der Waals surface area contributed by atoms with Gasteiger partial charge in [0.05, 0.1) is 19.3 Å². The Hall–Kier alpha value is -1.68. The van der Waals surface area contributed by atoms with Crippen LogP contribution in [0.3, 0.4) is 0 Å². The summed E-state index contributed by atoms with van der Waals surface area (Å²) in [6.07, 6.45) is 0. The maximum Gasteiger partial charge on any atom is 0.338 e. The van der Waals surface area contributed by atoms with Gasteiger partial charge in [-0.25, -0.2) is 4.79 Å². The first-order valence-corrected chi connectivity index (χ1v) is 4.55. The Balaban J connectivity index is 2.56. The summed E-state index contributed by atoms with van der Waals surface area (Å²) in [7, 11) is 1.30. The second kappa shape index (κ2) is 3.82. The summed E-state index contributed by atoms with van der Waals surface area (Å²) in [5.74, 6) is -0.653. The van der Waals surface area contributed by atoms with E-state index in [0.717, 1.165) is 5.56 Å². The first-order chi connectivity index (χ1) is 7.24. The van der Waals surface area contributed by atoms with Gasteiger partial charge in [0.15, 0.2) is 5.78 Å². The summed E-state index contributed by atoms with van der Waals surface area (Å²) in [6, 6.07) is 5.08. The second-order valence-corrected chi connectivity index (χ2v) is 3.25. The van der Waals surface area contributed by atoms with Gasteiger partial charge in [0.2, 0.25) is 0 Å². The Morgan fingerprint density at radius 1 is 1.40 bits per heavy atom. The predicted octanol–water partition coefficient (Wildman–Crippen LogP) is 1.19. The molecule has 1 aromatic carbocycles. The van der Waals surface area contributed by atoms with Gasteiger partial charge in [-0.1, -0.05) is 12.1 Å². The van der Waals surface area contributed by atoms with Crippen molar-refractivity contribution in [1.29, 1.82) is 0 Å². The number of rotatable bonds is 1. The molecule has 0 amide bonds. The average molecular weight is 206 g/mol. The van der Waals surface area contributed by atoms with Crippen molar-refractivity contribution < 1.29 is 19.1 Å². The van der Waals surface area contributed by atoms with Crippen molar-refractivity contribution in [2.75, 3.05) is 13.7 Å². The number of ketones is 1.